The smallest absolute Gasteiger partial charge is 0.114 e. The van der Waals surface area contributed by atoms with Crippen LogP contribution in [0.3, 0.4) is 0 Å². The van der Waals surface area contributed by atoms with Crippen molar-refractivity contribution in [2.24, 2.45) is 0 Å². The minimum absolute atomic E-state index is 0.0415. The maximum absolute atomic E-state index is 9.45. The summed E-state index contributed by atoms with van der Waals surface area (Å²) in [6.07, 6.45) is -2.87. The molecule has 0 unspecified atom stereocenters. The third-order valence-corrected chi connectivity index (χ3v) is 8.60. The molecule has 0 aliphatic carbocycles. The van der Waals surface area contributed by atoms with E-state index in [0.717, 1.165) is 0 Å². The second kappa shape index (κ2) is 12.1. The number of hydrogen-bond acceptors (Lipinski definition) is 1. The van der Waals surface area contributed by atoms with Crippen molar-refractivity contribution >= 4 is 32.6 Å². The molecule has 0 N–H and O–H groups in total. The van der Waals surface area contributed by atoms with Crippen molar-refractivity contribution in [2.45, 2.75) is 13.2 Å². The summed E-state index contributed by atoms with van der Waals surface area (Å²) in [4.78, 5) is 4.43. The van der Waals surface area contributed by atoms with Crippen molar-refractivity contribution in [1.82, 2.24) is 9.55 Å². The minimum Gasteiger partial charge on any atom is -0.296 e. The van der Waals surface area contributed by atoms with Crippen LogP contribution in [0.1, 0.15) is 37.3 Å². The van der Waals surface area contributed by atoms with Crippen molar-refractivity contribution in [1.29, 1.82) is 0 Å². The highest BCUT2D eigenvalue weighted by Crippen LogP contribution is 2.46. The average Bonchev–Trinajstić information content (AvgIpc) is 3.72. The predicted molar refractivity (Wildman–Crippen MR) is 207 cm³/mol. The number of fused-ring (bicyclic) bond motifs is 3. The zero-order valence-corrected chi connectivity index (χ0v) is 25.6. The molecule has 2 heteroatoms. The van der Waals surface area contributed by atoms with E-state index in [9.17, 15) is 5.48 Å². The van der Waals surface area contributed by atoms with Gasteiger partial charge in [-0.2, -0.15) is 0 Å². The number of aromatic nitrogens is 2. The zero-order chi connectivity index (χ0) is 48.3. The third kappa shape index (κ3) is 4.92. The first kappa shape index (κ1) is 15.8. The molecule has 0 radical (unpaired) electrons. The topological polar surface area (TPSA) is 17.8 Å². The first-order chi connectivity index (χ1) is 31.6. The average molecular weight is 645 g/mol. The maximum atomic E-state index is 9.45. The zero-order valence-electron chi connectivity index (χ0n) is 43.6. The number of imidazole rings is 1. The monoisotopic (exact) mass is 644 g/mol. The Kier molecular flexibility index (Phi) is 3.89. The second-order valence-electron chi connectivity index (χ2n) is 11.3. The van der Waals surface area contributed by atoms with Gasteiger partial charge in [0.25, 0.3) is 0 Å². The Bertz CT molecular complexity index is 3480. The van der Waals surface area contributed by atoms with Crippen LogP contribution in [0.4, 0.5) is 0 Å². The van der Waals surface area contributed by atoms with Crippen molar-refractivity contribution in [3.8, 4) is 50.2 Å². The Balaban J connectivity index is 1.38. The molecule has 232 valence electrons. The fraction of sp³-hybridized carbons (Fsp3) is 0.0426. The van der Waals surface area contributed by atoms with Crippen molar-refractivity contribution in [2.75, 3.05) is 0 Å². The van der Waals surface area contributed by atoms with Crippen molar-refractivity contribution in [3.05, 3.63) is 181 Å². The molecule has 0 aliphatic rings. The Labute approximate surface area is 311 Å². The van der Waals surface area contributed by atoms with E-state index >= 15 is 0 Å². The largest absolute Gasteiger partial charge is 0.296 e. The summed E-state index contributed by atoms with van der Waals surface area (Å²) in [5.41, 5.74) is 2.41. The molecule has 1 heterocycles. The Hall–Kier alpha value is -6.25. The number of nitrogens with zero attached hydrogens (tertiary/aromatic N) is 2. The summed E-state index contributed by atoms with van der Waals surface area (Å²) >= 11 is 0. The van der Waals surface area contributed by atoms with Crippen LogP contribution < -0.4 is 0 Å². The number of rotatable bonds is 6. The van der Waals surface area contributed by atoms with E-state index in [1.165, 1.54) is 16.7 Å². The van der Waals surface area contributed by atoms with Crippen LogP contribution in [0.15, 0.2) is 176 Å². The van der Waals surface area contributed by atoms with Gasteiger partial charge in [-0.3, -0.25) is 4.57 Å². The number of hydrogen-bond donors (Lipinski definition) is 0. The van der Waals surface area contributed by atoms with Gasteiger partial charge in [0.2, 0.25) is 0 Å². The lowest BCUT2D eigenvalue weighted by atomic mass is 9.83. The maximum Gasteiger partial charge on any atom is 0.114 e. The summed E-state index contributed by atoms with van der Waals surface area (Å²) in [6.45, 7) is -3.08. The van der Waals surface area contributed by atoms with Crippen LogP contribution in [0, 0.1) is 0 Å². The standard InChI is InChI=1S/C47H34N2/c1-2-45-48-43-28-12-13-29-44(43)49(45)36-21-15-19-34(31-36)33-18-14-20-35(30-33)46-39-24-8-10-26-41(39)47(42-27-11-9-25-40(42)46)38-23-7-6-22-37(38)32-16-4-3-5-17-32/h3-31H,2H2,1H3/i1D3,2D2,3D,4D,5D,8D,9D,10D,11D,16D,17D,24D,25D,26D,27D. The van der Waals surface area contributed by atoms with Crippen LogP contribution in [0.25, 0.3) is 82.8 Å². The number of aryl methyl sites for hydroxylation is 1. The summed E-state index contributed by atoms with van der Waals surface area (Å²) in [5.74, 6) is -0.339. The molecule has 0 fully saturated rings. The third-order valence-electron chi connectivity index (χ3n) is 8.60. The minimum atomic E-state index is -3.08. The fourth-order valence-corrected chi connectivity index (χ4v) is 6.54. The molecule has 1 aromatic heterocycles. The molecule has 0 saturated carbocycles. The van der Waals surface area contributed by atoms with Gasteiger partial charge < -0.3 is 0 Å². The van der Waals surface area contributed by atoms with Gasteiger partial charge in [0.05, 0.1) is 28.9 Å². The summed E-state index contributed by atoms with van der Waals surface area (Å²) in [5, 5.41) is -0.508. The summed E-state index contributed by atoms with van der Waals surface area (Å²) in [7, 11) is 0. The molecule has 2 nitrogen and oxygen atoms in total. The lowest BCUT2D eigenvalue weighted by molar-refractivity contribution is 0.908. The van der Waals surface area contributed by atoms with E-state index in [-0.39, 0.29) is 60.8 Å². The second-order valence-corrected chi connectivity index (χ2v) is 11.3. The Morgan fingerprint density at radius 3 is 1.88 bits per heavy atom. The molecule has 0 amide bonds. The van der Waals surface area contributed by atoms with E-state index in [4.69, 9.17) is 19.2 Å². The van der Waals surface area contributed by atoms with E-state index in [2.05, 4.69) is 4.98 Å². The van der Waals surface area contributed by atoms with Gasteiger partial charge in [-0.25, -0.2) is 4.98 Å². The van der Waals surface area contributed by atoms with Crippen LogP contribution in [-0.2, 0) is 6.37 Å². The van der Waals surface area contributed by atoms with Gasteiger partial charge in [0.1, 0.15) is 5.82 Å². The quantitative estimate of drug-likeness (QED) is 0.165. The summed E-state index contributed by atoms with van der Waals surface area (Å²) in [6, 6.07) is 18.7. The molecular weight excluding hydrogens is 593 g/mol. The van der Waals surface area contributed by atoms with Crippen LogP contribution in [0.5, 0.6) is 0 Å². The SMILES string of the molecule is [2H]c1c([2H])c([2H])c(-c2ccccc2-c2c3c([2H])c([2H])c([2H])c([2H])c3c(-c3cccc(-c4cccc(-n5c(C([2H])([2H])C([2H])([2H])[2H])nc6ccccc65)c4)c3)c3c([2H])c([2H])c([2H])c([2H])c23)c([2H])c1[2H]. The molecule has 9 rings (SSSR count). The first-order valence-electron chi connectivity index (χ1n) is 24.4. The fourth-order valence-electron chi connectivity index (χ4n) is 6.54. The van der Waals surface area contributed by atoms with Gasteiger partial charge in [-0.05, 0) is 96.4 Å². The van der Waals surface area contributed by atoms with Gasteiger partial charge in [-0.15, -0.1) is 0 Å². The first-order valence-corrected chi connectivity index (χ1v) is 15.4. The highest BCUT2D eigenvalue weighted by atomic mass is 15.1. The lowest BCUT2D eigenvalue weighted by Crippen LogP contribution is -2.00. The van der Waals surface area contributed by atoms with Gasteiger partial charge in [-0.1, -0.05) is 152 Å². The Morgan fingerprint density at radius 2 is 1.14 bits per heavy atom. The van der Waals surface area contributed by atoms with E-state index in [1.54, 1.807) is 84.9 Å². The highest BCUT2D eigenvalue weighted by molar-refractivity contribution is 6.22. The van der Waals surface area contributed by atoms with E-state index in [1.807, 2.05) is 0 Å². The molecule has 0 atom stereocenters. The van der Waals surface area contributed by atoms with Crippen molar-refractivity contribution < 1.29 is 24.7 Å². The molecule has 0 bridgehead atoms. The molecule has 49 heavy (non-hydrogen) atoms. The van der Waals surface area contributed by atoms with Gasteiger partial charge >= 0.3 is 0 Å². The molecule has 8 aromatic carbocycles. The predicted octanol–water partition coefficient (Wildman–Crippen LogP) is 12.6. The lowest BCUT2D eigenvalue weighted by Gasteiger charge is -2.20. The van der Waals surface area contributed by atoms with Crippen LogP contribution >= 0.6 is 0 Å². The highest BCUT2D eigenvalue weighted by Gasteiger charge is 2.19. The van der Waals surface area contributed by atoms with Gasteiger partial charge in [0.15, 0.2) is 0 Å². The normalized spacial score (nSPS) is 17.2. The van der Waals surface area contributed by atoms with E-state index < -0.39 is 91.8 Å². The summed E-state index contributed by atoms with van der Waals surface area (Å²) < 4.78 is 159. The molecule has 0 spiro atoms. The Morgan fingerprint density at radius 1 is 0.551 bits per heavy atom. The molecular formula is C47H34N2. The number of para-hydroxylation sites is 2. The van der Waals surface area contributed by atoms with Crippen LogP contribution in [-0.4, -0.2) is 9.55 Å². The van der Waals surface area contributed by atoms with Crippen LogP contribution in [0.2, 0.25) is 0 Å². The van der Waals surface area contributed by atoms with Gasteiger partial charge in [0, 0.05) is 18.9 Å². The molecule has 0 aliphatic heterocycles. The van der Waals surface area contributed by atoms with Crippen molar-refractivity contribution in [3.63, 3.8) is 0 Å². The van der Waals surface area contributed by atoms with E-state index in [0.29, 0.717) is 27.8 Å². The molecule has 0 saturated heterocycles. The number of benzene rings is 8. The molecule has 9 aromatic rings.